The largest absolute Gasteiger partial charge is 0.490 e. The zero-order chi connectivity index (χ0) is 28.6. The van der Waals surface area contributed by atoms with Crippen molar-refractivity contribution in [1.82, 2.24) is 9.88 Å². The zero-order valence-electron chi connectivity index (χ0n) is 23.7. The van der Waals surface area contributed by atoms with E-state index in [0.29, 0.717) is 18.2 Å². The molecule has 1 saturated heterocycles. The lowest BCUT2D eigenvalue weighted by molar-refractivity contribution is 0.0577. The van der Waals surface area contributed by atoms with Crippen molar-refractivity contribution in [2.45, 2.75) is 56.6 Å². The van der Waals surface area contributed by atoms with Gasteiger partial charge in [0.15, 0.2) is 0 Å². The van der Waals surface area contributed by atoms with E-state index in [-0.39, 0.29) is 17.5 Å². The fourth-order valence-electron chi connectivity index (χ4n) is 5.99. The number of aryl methyl sites for hydroxylation is 2. The van der Waals surface area contributed by atoms with E-state index in [2.05, 4.69) is 47.3 Å². The van der Waals surface area contributed by atoms with E-state index in [9.17, 15) is 8.42 Å². The first-order valence-corrected chi connectivity index (χ1v) is 16.5. The van der Waals surface area contributed by atoms with Crippen LogP contribution in [0.1, 0.15) is 42.5 Å². The molecule has 1 aliphatic rings. The quantitative estimate of drug-likeness (QED) is 0.182. The lowest BCUT2D eigenvalue weighted by atomic mass is 9.85. The Morgan fingerprint density at radius 3 is 2.66 bits per heavy atom. The van der Waals surface area contributed by atoms with Crippen LogP contribution in [0.3, 0.4) is 0 Å². The van der Waals surface area contributed by atoms with Crippen molar-refractivity contribution in [2.75, 3.05) is 19.7 Å². The van der Waals surface area contributed by atoms with Crippen LogP contribution in [0.4, 0.5) is 0 Å². The Morgan fingerprint density at radius 2 is 1.85 bits per heavy atom. The summed E-state index contributed by atoms with van der Waals surface area (Å²) < 4.78 is 39.9. The molecule has 1 fully saturated rings. The predicted octanol–water partition coefficient (Wildman–Crippen LogP) is 7.42. The van der Waals surface area contributed by atoms with Gasteiger partial charge in [-0.05, 0) is 110 Å². The fraction of sp³-hybridized carbons (Fsp3) is 0.333. The molecule has 6 rings (SSSR count). The molecule has 1 N–H and O–H groups in total. The summed E-state index contributed by atoms with van der Waals surface area (Å²) in [5.74, 6) is 1.19. The molecule has 3 atom stereocenters. The van der Waals surface area contributed by atoms with Crippen LogP contribution in [-0.4, -0.2) is 50.1 Å². The summed E-state index contributed by atoms with van der Waals surface area (Å²) in [4.78, 5) is 5.83. The number of H-pyrrole nitrogens is 1. The van der Waals surface area contributed by atoms with Crippen molar-refractivity contribution in [2.24, 2.45) is 0 Å². The molecule has 0 bridgehead atoms. The lowest BCUT2D eigenvalue weighted by Crippen LogP contribution is -2.46. The van der Waals surface area contributed by atoms with Crippen LogP contribution >= 0.6 is 11.3 Å². The van der Waals surface area contributed by atoms with E-state index in [1.807, 2.05) is 31.2 Å². The minimum atomic E-state index is -3.96. The average Bonchev–Trinajstić information content (AvgIpc) is 3.54. The normalized spacial score (nSPS) is 19.1. The van der Waals surface area contributed by atoms with Crippen LogP contribution in [0.2, 0.25) is 0 Å². The predicted molar refractivity (Wildman–Crippen MR) is 167 cm³/mol. The summed E-state index contributed by atoms with van der Waals surface area (Å²) in [5.41, 5.74) is 4.76. The third-order valence-electron chi connectivity index (χ3n) is 8.19. The minimum absolute atomic E-state index is 0.121. The van der Waals surface area contributed by atoms with E-state index in [0.717, 1.165) is 36.0 Å². The molecule has 214 valence electrons. The number of thiophene rings is 1. The molecule has 0 spiro atoms. The van der Waals surface area contributed by atoms with Gasteiger partial charge in [-0.2, -0.15) is 8.42 Å². The molecule has 0 radical (unpaired) electrons. The van der Waals surface area contributed by atoms with Gasteiger partial charge in [-0.25, -0.2) is 0 Å². The zero-order valence-corrected chi connectivity index (χ0v) is 25.3. The summed E-state index contributed by atoms with van der Waals surface area (Å²) in [6.45, 7) is 7.86. The molecule has 0 saturated carbocycles. The molecular weight excluding hydrogens is 553 g/mol. The third kappa shape index (κ3) is 6.06. The number of hydrogen-bond acceptors (Lipinski definition) is 6. The Hall–Kier alpha value is -3.17. The highest BCUT2D eigenvalue weighted by Crippen LogP contribution is 2.35. The van der Waals surface area contributed by atoms with Crippen molar-refractivity contribution < 1.29 is 17.3 Å². The van der Waals surface area contributed by atoms with Crippen molar-refractivity contribution in [3.05, 3.63) is 95.0 Å². The monoisotopic (exact) mass is 588 g/mol. The molecule has 1 aliphatic heterocycles. The molecule has 3 aromatic carbocycles. The number of ether oxygens (including phenoxy) is 1. The molecule has 0 aliphatic carbocycles. The van der Waals surface area contributed by atoms with E-state index >= 15 is 0 Å². The van der Waals surface area contributed by atoms with Gasteiger partial charge in [0.05, 0.1) is 4.90 Å². The van der Waals surface area contributed by atoms with Gasteiger partial charge in [-0.1, -0.05) is 30.3 Å². The highest BCUT2D eigenvalue weighted by Gasteiger charge is 2.31. The van der Waals surface area contributed by atoms with Gasteiger partial charge in [-0.15, -0.1) is 11.3 Å². The maximum Gasteiger partial charge on any atom is 0.297 e. The standard InChI is InChI=1S/C33H36N2O4S2/c1-22-21-40-33-13-12-25(18-29(22)33)26-14-15-35(24(3)17-26)19-27(39-41(36,37)28-8-5-4-6-9-28)20-38-32-11-7-10-31-30(32)16-23(2)34-31/h4-13,16,18,21,24,26-27,34H,14-15,17,19-20H2,1-3H3/t24?,26?,27-/m0/s1. The second-order valence-electron chi connectivity index (χ2n) is 11.2. The van der Waals surface area contributed by atoms with Gasteiger partial charge < -0.3 is 9.72 Å². The van der Waals surface area contributed by atoms with Gasteiger partial charge in [0.2, 0.25) is 0 Å². The van der Waals surface area contributed by atoms with Crippen LogP contribution in [0, 0.1) is 13.8 Å². The van der Waals surface area contributed by atoms with E-state index < -0.39 is 16.2 Å². The molecule has 0 amide bonds. The first-order valence-electron chi connectivity index (χ1n) is 14.2. The topological polar surface area (TPSA) is 71.6 Å². The summed E-state index contributed by atoms with van der Waals surface area (Å²) in [6.07, 6.45) is 1.36. The van der Waals surface area contributed by atoms with Crippen LogP contribution in [0.5, 0.6) is 5.75 Å². The Balaban J connectivity index is 1.19. The molecule has 8 heteroatoms. The SMILES string of the molecule is Cc1cc2c(OC[C@H](CN3CCC(c4ccc5scc(C)c5c4)CC3C)OS(=O)(=O)c3ccccc3)cccc2[nH]1. The van der Waals surface area contributed by atoms with Crippen LogP contribution < -0.4 is 4.74 Å². The van der Waals surface area contributed by atoms with E-state index in [1.165, 1.54) is 21.2 Å². The lowest BCUT2D eigenvalue weighted by Gasteiger charge is -2.39. The van der Waals surface area contributed by atoms with Crippen LogP contribution in [0.15, 0.2) is 83.1 Å². The maximum absolute atomic E-state index is 13.2. The van der Waals surface area contributed by atoms with Gasteiger partial charge in [0.1, 0.15) is 18.5 Å². The molecule has 2 aromatic heterocycles. The first-order chi connectivity index (χ1) is 19.8. The van der Waals surface area contributed by atoms with Gasteiger partial charge in [0, 0.05) is 33.9 Å². The number of benzene rings is 3. The summed E-state index contributed by atoms with van der Waals surface area (Å²) in [6, 6.07) is 23.4. The Kier molecular flexibility index (Phi) is 7.92. The molecule has 6 nitrogen and oxygen atoms in total. The number of aromatic amines is 1. The molecule has 41 heavy (non-hydrogen) atoms. The maximum atomic E-state index is 13.2. The molecule has 5 aromatic rings. The summed E-state index contributed by atoms with van der Waals surface area (Å²) in [5, 5.41) is 4.55. The second kappa shape index (κ2) is 11.6. The number of hydrogen-bond donors (Lipinski definition) is 1. The third-order valence-corrected chi connectivity index (χ3v) is 10.6. The Morgan fingerprint density at radius 1 is 1.02 bits per heavy atom. The molecule has 2 unspecified atom stereocenters. The average molecular weight is 589 g/mol. The second-order valence-corrected chi connectivity index (χ2v) is 13.7. The van der Waals surface area contributed by atoms with Gasteiger partial charge in [-0.3, -0.25) is 9.08 Å². The summed E-state index contributed by atoms with van der Waals surface area (Å²) >= 11 is 1.80. The number of fused-ring (bicyclic) bond motifs is 2. The highest BCUT2D eigenvalue weighted by molar-refractivity contribution is 7.86. The Bertz CT molecular complexity index is 1760. The number of piperidine rings is 1. The highest BCUT2D eigenvalue weighted by atomic mass is 32.2. The van der Waals surface area contributed by atoms with Crippen molar-refractivity contribution >= 4 is 42.4 Å². The molecular formula is C33H36N2O4S2. The van der Waals surface area contributed by atoms with E-state index in [4.69, 9.17) is 8.92 Å². The van der Waals surface area contributed by atoms with E-state index in [1.54, 1.807) is 41.7 Å². The van der Waals surface area contributed by atoms with Crippen molar-refractivity contribution in [3.8, 4) is 5.75 Å². The Labute approximate surface area is 246 Å². The van der Waals surface area contributed by atoms with Crippen LogP contribution in [-0.2, 0) is 14.3 Å². The number of nitrogens with one attached hydrogen (secondary N) is 1. The van der Waals surface area contributed by atoms with Crippen LogP contribution in [0.25, 0.3) is 21.0 Å². The number of likely N-dealkylation sites (tertiary alicyclic amines) is 1. The smallest absolute Gasteiger partial charge is 0.297 e. The fourth-order valence-corrected chi connectivity index (χ4v) is 7.99. The first kappa shape index (κ1) is 28.0. The number of nitrogens with zero attached hydrogens (tertiary/aromatic N) is 1. The number of rotatable bonds is 9. The van der Waals surface area contributed by atoms with Crippen molar-refractivity contribution in [1.29, 1.82) is 0 Å². The minimum Gasteiger partial charge on any atom is -0.490 e. The number of aromatic nitrogens is 1. The van der Waals surface area contributed by atoms with Gasteiger partial charge in [0.25, 0.3) is 10.1 Å². The molecule has 3 heterocycles. The van der Waals surface area contributed by atoms with Gasteiger partial charge >= 0.3 is 0 Å². The summed E-state index contributed by atoms with van der Waals surface area (Å²) in [7, 11) is -3.96. The van der Waals surface area contributed by atoms with Crippen molar-refractivity contribution in [3.63, 3.8) is 0 Å².